The summed E-state index contributed by atoms with van der Waals surface area (Å²) in [5.41, 5.74) is 5.61. The largest absolute Gasteiger partial charge is 0.250 e. The van der Waals surface area contributed by atoms with E-state index in [1.54, 1.807) is 11.3 Å². The average Bonchev–Trinajstić information content (AvgIpc) is 3.12. The summed E-state index contributed by atoms with van der Waals surface area (Å²) in [6.07, 6.45) is 0. The van der Waals surface area contributed by atoms with Crippen LogP contribution in [0.1, 0.15) is 5.56 Å². The SMILES string of the molecule is c1ccc(N=NC(=NNc2nc3ccccc3s2)c2ccccc2)cc1. The second-order valence-corrected chi connectivity index (χ2v) is 6.47. The lowest BCUT2D eigenvalue weighted by molar-refractivity contribution is 1.22. The first kappa shape index (κ1) is 16.1. The van der Waals surface area contributed by atoms with Gasteiger partial charge in [-0.15, -0.1) is 10.2 Å². The van der Waals surface area contributed by atoms with Crippen LogP contribution in [-0.2, 0) is 0 Å². The smallest absolute Gasteiger partial charge is 0.204 e. The number of fused-ring (bicyclic) bond motifs is 1. The quantitative estimate of drug-likeness (QED) is 0.215. The van der Waals surface area contributed by atoms with Crippen molar-refractivity contribution >= 4 is 38.2 Å². The van der Waals surface area contributed by atoms with E-state index in [4.69, 9.17) is 0 Å². The van der Waals surface area contributed by atoms with Crippen molar-refractivity contribution in [1.82, 2.24) is 4.98 Å². The van der Waals surface area contributed by atoms with Crippen LogP contribution in [0.15, 0.2) is 100 Å². The fourth-order valence-corrected chi connectivity index (χ4v) is 3.16. The van der Waals surface area contributed by atoms with Crippen LogP contribution >= 0.6 is 11.3 Å². The van der Waals surface area contributed by atoms with Gasteiger partial charge >= 0.3 is 0 Å². The number of azo groups is 1. The Labute approximate surface area is 154 Å². The van der Waals surface area contributed by atoms with E-state index in [9.17, 15) is 0 Å². The molecule has 1 heterocycles. The Hall–Kier alpha value is -3.38. The summed E-state index contributed by atoms with van der Waals surface area (Å²) in [6.45, 7) is 0. The van der Waals surface area contributed by atoms with Crippen molar-refractivity contribution in [1.29, 1.82) is 0 Å². The van der Waals surface area contributed by atoms with E-state index >= 15 is 0 Å². The average molecular weight is 357 g/mol. The minimum absolute atomic E-state index is 0.494. The number of amidine groups is 1. The molecule has 26 heavy (non-hydrogen) atoms. The second kappa shape index (κ2) is 7.67. The molecular formula is C20H15N5S. The molecule has 0 radical (unpaired) electrons. The number of para-hydroxylation sites is 1. The Bertz CT molecular complexity index is 1020. The van der Waals surface area contributed by atoms with E-state index in [0.29, 0.717) is 5.84 Å². The number of hydrazone groups is 1. The number of rotatable bonds is 4. The lowest BCUT2D eigenvalue weighted by atomic mass is 10.2. The summed E-state index contributed by atoms with van der Waals surface area (Å²) >= 11 is 1.55. The summed E-state index contributed by atoms with van der Waals surface area (Å²) < 4.78 is 1.11. The molecule has 5 nitrogen and oxygen atoms in total. The molecule has 4 rings (SSSR count). The summed E-state index contributed by atoms with van der Waals surface area (Å²) in [6, 6.07) is 27.3. The molecule has 1 aromatic heterocycles. The van der Waals surface area contributed by atoms with Crippen LogP contribution in [0.2, 0.25) is 0 Å². The van der Waals surface area contributed by atoms with Crippen molar-refractivity contribution in [2.24, 2.45) is 15.3 Å². The van der Waals surface area contributed by atoms with Crippen LogP contribution in [0.5, 0.6) is 0 Å². The maximum Gasteiger partial charge on any atom is 0.204 e. The van der Waals surface area contributed by atoms with Crippen LogP contribution in [0, 0.1) is 0 Å². The Balaban J connectivity index is 1.63. The van der Waals surface area contributed by atoms with Crippen molar-refractivity contribution in [2.45, 2.75) is 0 Å². The summed E-state index contributed by atoms with van der Waals surface area (Å²) in [4.78, 5) is 4.52. The molecule has 0 atom stereocenters. The van der Waals surface area contributed by atoms with Crippen molar-refractivity contribution in [3.8, 4) is 0 Å². The highest BCUT2D eigenvalue weighted by Crippen LogP contribution is 2.25. The van der Waals surface area contributed by atoms with E-state index in [0.717, 1.165) is 26.6 Å². The number of hydrogen-bond donors (Lipinski definition) is 1. The van der Waals surface area contributed by atoms with E-state index < -0.39 is 0 Å². The minimum Gasteiger partial charge on any atom is -0.250 e. The highest BCUT2D eigenvalue weighted by atomic mass is 32.1. The first-order valence-electron chi connectivity index (χ1n) is 8.10. The zero-order valence-corrected chi connectivity index (χ0v) is 14.6. The Morgan fingerprint density at radius 2 is 1.50 bits per heavy atom. The number of hydrogen-bond acceptors (Lipinski definition) is 5. The van der Waals surface area contributed by atoms with Gasteiger partial charge in [0.2, 0.25) is 11.0 Å². The molecule has 0 saturated heterocycles. The van der Waals surface area contributed by atoms with Gasteiger partial charge in [-0.1, -0.05) is 72.0 Å². The lowest BCUT2D eigenvalue weighted by Crippen LogP contribution is -2.00. The maximum atomic E-state index is 4.52. The molecule has 0 unspecified atom stereocenters. The lowest BCUT2D eigenvalue weighted by Gasteiger charge is -2.01. The molecule has 0 saturated carbocycles. The standard InChI is InChI=1S/C20H15N5S/c1-3-9-15(10-4-1)19(23-22-16-11-5-2-6-12-16)24-25-20-21-17-13-7-8-14-18(17)26-20/h1-14H,(H,21,25). The van der Waals surface area contributed by atoms with Crippen LogP contribution < -0.4 is 5.43 Å². The van der Waals surface area contributed by atoms with Gasteiger partial charge in [-0.05, 0) is 24.3 Å². The van der Waals surface area contributed by atoms with Gasteiger partial charge in [-0.2, -0.15) is 5.10 Å². The van der Waals surface area contributed by atoms with E-state index in [1.807, 2.05) is 84.9 Å². The Morgan fingerprint density at radius 3 is 2.27 bits per heavy atom. The Kier molecular flexibility index (Phi) is 4.75. The monoisotopic (exact) mass is 357 g/mol. The van der Waals surface area contributed by atoms with Crippen LogP contribution in [0.3, 0.4) is 0 Å². The van der Waals surface area contributed by atoms with Crippen LogP contribution in [-0.4, -0.2) is 10.8 Å². The third-order valence-corrected chi connectivity index (χ3v) is 4.54. The topological polar surface area (TPSA) is 62.0 Å². The molecule has 1 N–H and O–H groups in total. The van der Waals surface area contributed by atoms with E-state index in [-0.39, 0.29) is 0 Å². The minimum atomic E-state index is 0.494. The number of nitrogens with one attached hydrogen (secondary N) is 1. The van der Waals surface area contributed by atoms with E-state index in [2.05, 4.69) is 25.7 Å². The molecule has 0 aliphatic rings. The molecule has 126 valence electrons. The molecule has 0 amide bonds. The van der Waals surface area contributed by atoms with Crippen LogP contribution in [0.25, 0.3) is 10.2 Å². The molecule has 3 aromatic carbocycles. The molecule has 0 fully saturated rings. The number of aromatic nitrogens is 1. The second-order valence-electron chi connectivity index (χ2n) is 5.44. The van der Waals surface area contributed by atoms with Gasteiger partial charge in [0.25, 0.3) is 0 Å². The van der Waals surface area contributed by atoms with Gasteiger partial charge in [0.05, 0.1) is 15.9 Å². The van der Waals surface area contributed by atoms with Crippen molar-refractivity contribution in [3.05, 3.63) is 90.5 Å². The van der Waals surface area contributed by atoms with Gasteiger partial charge in [0.15, 0.2) is 0 Å². The van der Waals surface area contributed by atoms with Crippen LogP contribution in [0.4, 0.5) is 10.8 Å². The normalized spacial score (nSPS) is 11.9. The number of anilines is 1. The fraction of sp³-hybridized carbons (Fsp3) is 0. The molecule has 6 heteroatoms. The summed E-state index contributed by atoms with van der Waals surface area (Å²) in [5.74, 6) is 0.494. The highest BCUT2D eigenvalue weighted by Gasteiger charge is 2.05. The Morgan fingerprint density at radius 1 is 0.808 bits per heavy atom. The third kappa shape index (κ3) is 3.81. The zero-order chi connectivity index (χ0) is 17.6. The molecule has 0 spiro atoms. The molecule has 0 bridgehead atoms. The molecule has 0 aliphatic heterocycles. The zero-order valence-electron chi connectivity index (χ0n) is 13.8. The number of nitrogens with zero attached hydrogens (tertiary/aromatic N) is 4. The maximum absolute atomic E-state index is 4.52. The third-order valence-electron chi connectivity index (χ3n) is 3.60. The summed E-state index contributed by atoms with van der Waals surface area (Å²) in [7, 11) is 0. The fourth-order valence-electron chi connectivity index (χ4n) is 2.35. The van der Waals surface area contributed by atoms with Crippen molar-refractivity contribution < 1.29 is 0 Å². The first-order chi connectivity index (χ1) is 12.9. The number of benzene rings is 3. The number of thiazole rings is 1. The molecule has 0 aliphatic carbocycles. The summed E-state index contributed by atoms with van der Waals surface area (Å²) in [5, 5.41) is 13.7. The van der Waals surface area contributed by atoms with Gasteiger partial charge in [0.1, 0.15) is 0 Å². The first-order valence-corrected chi connectivity index (χ1v) is 8.92. The van der Waals surface area contributed by atoms with Gasteiger partial charge < -0.3 is 0 Å². The molecular weight excluding hydrogens is 342 g/mol. The van der Waals surface area contributed by atoms with Gasteiger partial charge in [-0.25, -0.2) is 4.98 Å². The van der Waals surface area contributed by atoms with Crippen molar-refractivity contribution in [2.75, 3.05) is 5.43 Å². The van der Waals surface area contributed by atoms with Crippen molar-refractivity contribution in [3.63, 3.8) is 0 Å². The predicted molar refractivity (Wildman–Crippen MR) is 107 cm³/mol. The predicted octanol–water partition coefficient (Wildman–Crippen LogP) is 5.85. The molecule has 4 aromatic rings. The van der Waals surface area contributed by atoms with E-state index in [1.165, 1.54) is 0 Å². The van der Waals surface area contributed by atoms with Gasteiger partial charge in [-0.3, -0.25) is 5.43 Å². The van der Waals surface area contributed by atoms with Gasteiger partial charge in [0, 0.05) is 5.56 Å². The highest BCUT2D eigenvalue weighted by molar-refractivity contribution is 7.22.